The summed E-state index contributed by atoms with van der Waals surface area (Å²) in [7, 11) is 1.63. The van der Waals surface area contributed by atoms with Crippen molar-refractivity contribution in [1.82, 2.24) is 0 Å². The minimum Gasteiger partial charge on any atom is -0.497 e. The minimum atomic E-state index is 0.391. The zero-order chi connectivity index (χ0) is 27.3. The van der Waals surface area contributed by atoms with Crippen molar-refractivity contribution in [2.75, 3.05) is 7.11 Å². The fourth-order valence-corrected chi connectivity index (χ4v) is 5.47. The minimum absolute atomic E-state index is 0.391. The second kappa shape index (κ2) is 21.7. The van der Waals surface area contributed by atoms with Crippen LogP contribution in [-0.4, -0.2) is 13.4 Å². The molecule has 0 bridgehead atoms. The van der Waals surface area contributed by atoms with E-state index in [4.69, 9.17) is 4.74 Å². The predicted octanol–water partition coefficient (Wildman–Crippen LogP) is 10.7. The third-order valence-corrected chi connectivity index (χ3v) is 8.43. The summed E-state index contributed by atoms with van der Waals surface area (Å²) in [6, 6.07) is 0. The van der Waals surface area contributed by atoms with E-state index >= 15 is 0 Å². The Morgan fingerprint density at radius 1 is 0.861 bits per heavy atom. The molecule has 2 fully saturated rings. The van der Waals surface area contributed by atoms with Crippen molar-refractivity contribution < 1.29 is 9.53 Å². The summed E-state index contributed by atoms with van der Waals surface area (Å²) in [5.41, 5.74) is 1.15. The maximum Gasteiger partial charge on any atom is 0.123 e. The van der Waals surface area contributed by atoms with Gasteiger partial charge in [0.05, 0.1) is 7.11 Å². The first-order valence-corrected chi connectivity index (χ1v) is 15.3. The van der Waals surface area contributed by atoms with Gasteiger partial charge in [0, 0.05) is 5.92 Å². The predicted molar refractivity (Wildman–Crippen MR) is 160 cm³/mol. The van der Waals surface area contributed by atoms with Crippen molar-refractivity contribution in [2.45, 2.75) is 131 Å². The van der Waals surface area contributed by atoms with Crippen molar-refractivity contribution in [3.63, 3.8) is 0 Å². The lowest BCUT2D eigenvalue weighted by Gasteiger charge is -2.37. The molecule has 2 rings (SSSR count). The summed E-state index contributed by atoms with van der Waals surface area (Å²) in [4.78, 5) is 10.8. The molecule has 0 aromatic rings. The molecule has 0 amide bonds. The van der Waals surface area contributed by atoms with Gasteiger partial charge in [0.15, 0.2) is 0 Å². The fraction of sp³-hybridized carbons (Fsp3) is 0.794. The molecule has 2 heteroatoms. The molecule has 0 radical (unpaired) electrons. The van der Waals surface area contributed by atoms with Crippen molar-refractivity contribution in [3.8, 4) is 0 Å². The van der Waals surface area contributed by atoms with Gasteiger partial charge < -0.3 is 9.53 Å². The molecule has 0 saturated heterocycles. The number of methoxy groups -OCH3 is 1. The molecule has 0 aromatic carbocycles. The quantitative estimate of drug-likeness (QED) is 0.151. The number of hydrogen-bond donors (Lipinski definition) is 0. The molecule has 36 heavy (non-hydrogen) atoms. The highest BCUT2D eigenvalue weighted by atomic mass is 16.5. The van der Waals surface area contributed by atoms with Gasteiger partial charge in [-0.05, 0) is 80.6 Å². The molecule has 2 unspecified atom stereocenters. The smallest absolute Gasteiger partial charge is 0.123 e. The van der Waals surface area contributed by atoms with Crippen LogP contribution in [0.3, 0.4) is 0 Å². The summed E-state index contributed by atoms with van der Waals surface area (Å²) in [6.07, 6.45) is 23.8. The Bertz CT molecular complexity index is 588. The Hall–Kier alpha value is -1.31. The van der Waals surface area contributed by atoms with Crippen LogP contribution in [0.2, 0.25) is 0 Å². The van der Waals surface area contributed by atoms with Crippen LogP contribution in [0.25, 0.3) is 0 Å². The highest BCUT2D eigenvalue weighted by Crippen LogP contribution is 2.41. The van der Waals surface area contributed by atoms with E-state index < -0.39 is 0 Å². The number of carbonyl (C=O) groups excluding carboxylic acids is 1. The molecule has 0 spiro atoms. The first-order valence-electron chi connectivity index (χ1n) is 15.3. The van der Waals surface area contributed by atoms with E-state index in [0.29, 0.717) is 17.6 Å². The Kier molecular flexibility index (Phi) is 21.0. The van der Waals surface area contributed by atoms with Gasteiger partial charge >= 0.3 is 0 Å². The van der Waals surface area contributed by atoms with Gasteiger partial charge in [0.1, 0.15) is 12.0 Å². The standard InChI is InChI=1S/C16H28O.C15H26O.C3H8/c1-2-3-13-4-8-15(9-5-13)16-10-6-14(12-17)7-11-16;1-7-12(2)8-9-13(3)14(4)10-11-15(5)16-6;1-3-2/h12-16H,2-11H2,1H3;10-13H,4-5,7-9H2,1-3,6H3;3H2,1-2H3/b;11-10-;. The van der Waals surface area contributed by atoms with E-state index in [2.05, 4.69) is 54.7 Å². The van der Waals surface area contributed by atoms with E-state index in [1.807, 2.05) is 12.2 Å². The average Bonchev–Trinajstić information content (AvgIpc) is 2.91. The Labute approximate surface area is 226 Å². The largest absolute Gasteiger partial charge is 0.497 e. The lowest BCUT2D eigenvalue weighted by molar-refractivity contribution is -0.112. The highest BCUT2D eigenvalue weighted by Gasteiger charge is 2.30. The molecule has 2 aliphatic carbocycles. The summed E-state index contributed by atoms with van der Waals surface area (Å²) < 4.78 is 4.97. The maximum absolute atomic E-state index is 10.8. The third kappa shape index (κ3) is 15.7. The lowest BCUT2D eigenvalue weighted by Crippen LogP contribution is -2.26. The molecule has 2 atom stereocenters. The van der Waals surface area contributed by atoms with E-state index in [0.717, 1.165) is 29.2 Å². The SMILES string of the molecule is C=C(/C=C\C(=C)C(C)CCC(C)CC)OC.CCC.CCCC1CCC(C2CCC(C=O)CC2)CC1. The average molecular weight is 503 g/mol. The van der Waals surface area contributed by atoms with E-state index in [1.54, 1.807) is 7.11 Å². The third-order valence-electron chi connectivity index (χ3n) is 8.43. The number of hydrogen-bond acceptors (Lipinski definition) is 2. The second-order valence-electron chi connectivity index (χ2n) is 11.7. The number of rotatable bonds is 12. The zero-order valence-electron chi connectivity index (χ0n) is 25.3. The second-order valence-corrected chi connectivity index (χ2v) is 11.7. The molecule has 0 heterocycles. The number of aldehydes is 1. The molecule has 0 N–H and O–H groups in total. The molecular formula is C34H62O2. The molecule has 2 aliphatic rings. The lowest BCUT2D eigenvalue weighted by atomic mass is 9.69. The number of ether oxygens (including phenoxy) is 1. The molecule has 2 nitrogen and oxygen atoms in total. The summed E-state index contributed by atoms with van der Waals surface area (Å²) in [6.45, 7) is 21.2. The van der Waals surface area contributed by atoms with Crippen LogP contribution in [0.15, 0.2) is 36.6 Å². The van der Waals surface area contributed by atoms with E-state index in [-0.39, 0.29) is 0 Å². The van der Waals surface area contributed by atoms with Crippen LogP contribution in [-0.2, 0) is 9.53 Å². The number of allylic oxidation sites excluding steroid dienone is 3. The van der Waals surface area contributed by atoms with Gasteiger partial charge in [-0.1, -0.05) is 111 Å². The van der Waals surface area contributed by atoms with Gasteiger partial charge in [0.25, 0.3) is 0 Å². The van der Waals surface area contributed by atoms with Crippen molar-refractivity contribution in [2.24, 2.45) is 35.5 Å². The Morgan fingerprint density at radius 3 is 1.83 bits per heavy atom. The van der Waals surface area contributed by atoms with Gasteiger partial charge in [-0.15, -0.1) is 0 Å². The first-order chi connectivity index (χ1) is 17.3. The van der Waals surface area contributed by atoms with Crippen LogP contribution < -0.4 is 0 Å². The monoisotopic (exact) mass is 502 g/mol. The van der Waals surface area contributed by atoms with Gasteiger partial charge in [0.2, 0.25) is 0 Å². The van der Waals surface area contributed by atoms with Crippen LogP contribution in [0.4, 0.5) is 0 Å². The van der Waals surface area contributed by atoms with Gasteiger partial charge in [-0.25, -0.2) is 0 Å². The van der Waals surface area contributed by atoms with E-state index in [9.17, 15) is 4.79 Å². The first kappa shape index (κ1) is 34.7. The summed E-state index contributed by atoms with van der Waals surface area (Å²) in [5, 5.41) is 0. The molecule has 0 aliphatic heterocycles. The van der Waals surface area contributed by atoms with Crippen LogP contribution in [0.1, 0.15) is 131 Å². The van der Waals surface area contributed by atoms with Crippen LogP contribution in [0.5, 0.6) is 0 Å². The van der Waals surface area contributed by atoms with Crippen LogP contribution in [0, 0.1) is 35.5 Å². The van der Waals surface area contributed by atoms with Crippen molar-refractivity contribution in [3.05, 3.63) is 36.6 Å². The topological polar surface area (TPSA) is 26.3 Å². The maximum atomic E-state index is 10.8. The summed E-state index contributed by atoms with van der Waals surface area (Å²) in [5.74, 6) is 5.40. The normalized spacial score (nSPS) is 25.4. The van der Waals surface area contributed by atoms with Crippen molar-refractivity contribution in [1.29, 1.82) is 0 Å². The zero-order valence-corrected chi connectivity index (χ0v) is 25.3. The van der Waals surface area contributed by atoms with E-state index in [1.165, 1.54) is 96.2 Å². The Morgan fingerprint density at radius 2 is 1.39 bits per heavy atom. The van der Waals surface area contributed by atoms with Crippen molar-refractivity contribution >= 4 is 6.29 Å². The fourth-order valence-electron chi connectivity index (χ4n) is 5.47. The molecular weight excluding hydrogens is 440 g/mol. The Balaban J connectivity index is 0.000000615. The summed E-state index contributed by atoms with van der Waals surface area (Å²) >= 11 is 0. The van der Waals surface area contributed by atoms with Gasteiger partial charge in [-0.2, -0.15) is 0 Å². The molecule has 0 aromatic heterocycles. The number of carbonyl (C=O) groups is 1. The molecule has 210 valence electrons. The molecule has 2 saturated carbocycles. The highest BCUT2D eigenvalue weighted by molar-refractivity contribution is 5.53. The van der Waals surface area contributed by atoms with Gasteiger partial charge in [-0.3, -0.25) is 0 Å². The van der Waals surface area contributed by atoms with Crippen LogP contribution >= 0.6 is 0 Å².